The number of likely N-dealkylation sites (tertiary alicyclic amines) is 2. The SMILES string of the molecule is CCOC(=O)C(C)N1CCC(N2CCCC2)C1. The summed E-state index contributed by atoms with van der Waals surface area (Å²) >= 11 is 0. The summed E-state index contributed by atoms with van der Waals surface area (Å²) in [6.07, 6.45) is 3.87. The molecule has 0 aromatic carbocycles. The van der Waals surface area contributed by atoms with Crippen molar-refractivity contribution in [3.8, 4) is 0 Å². The highest BCUT2D eigenvalue weighted by Gasteiger charge is 2.33. The highest BCUT2D eigenvalue weighted by atomic mass is 16.5. The lowest BCUT2D eigenvalue weighted by Gasteiger charge is -2.26. The first-order valence-electron chi connectivity index (χ1n) is 6.87. The lowest BCUT2D eigenvalue weighted by Crippen LogP contribution is -2.41. The number of hydrogen-bond acceptors (Lipinski definition) is 4. The number of carbonyl (C=O) groups is 1. The third-order valence-corrected chi connectivity index (χ3v) is 4.03. The zero-order valence-corrected chi connectivity index (χ0v) is 11.0. The van der Waals surface area contributed by atoms with Gasteiger partial charge in [-0.25, -0.2) is 0 Å². The number of ether oxygens (including phenoxy) is 1. The van der Waals surface area contributed by atoms with Gasteiger partial charge < -0.3 is 4.74 Å². The van der Waals surface area contributed by atoms with Gasteiger partial charge in [0.15, 0.2) is 0 Å². The Labute approximate surface area is 104 Å². The predicted octanol–water partition coefficient (Wildman–Crippen LogP) is 1.11. The summed E-state index contributed by atoms with van der Waals surface area (Å²) in [4.78, 5) is 16.5. The first-order valence-corrected chi connectivity index (χ1v) is 6.87. The summed E-state index contributed by atoms with van der Waals surface area (Å²) in [5.74, 6) is -0.0745. The van der Waals surface area contributed by atoms with Crippen molar-refractivity contribution in [1.29, 1.82) is 0 Å². The molecule has 0 saturated carbocycles. The van der Waals surface area contributed by atoms with Gasteiger partial charge in [-0.2, -0.15) is 0 Å². The van der Waals surface area contributed by atoms with Gasteiger partial charge in [0.05, 0.1) is 6.61 Å². The molecule has 4 nitrogen and oxygen atoms in total. The predicted molar refractivity (Wildman–Crippen MR) is 66.9 cm³/mol. The van der Waals surface area contributed by atoms with Crippen LogP contribution < -0.4 is 0 Å². The highest BCUT2D eigenvalue weighted by Crippen LogP contribution is 2.22. The fourth-order valence-corrected chi connectivity index (χ4v) is 2.94. The third-order valence-electron chi connectivity index (χ3n) is 4.03. The smallest absolute Gasteiger partial charge is 0.323 e. The van der Waals surface area contributed by atoms with E-state index < -0.39 is 0 Å². The Morgan fingerprint density at radius 3 is 2.71 bits per heavy atom. The molecule has 0 amide bonds. The minimum Gasteiger partial charge on any atom is -0.465 e. The van der Waals surface area contributed by atoms with E-state index in [4.69, 9.17) is 4.74 Å². The Bertz CT molecular complexity index is 264. The molecule has 2 rings (SSSR count). The van der Waals surface area contributed by atoms with Crippen LogP contribution in [-0.2, 0) is 9.53 Å². The molecule has 98 valence electrons. The van der Waals surface area contributed by atoms with Crippen molar-refractivity contribution < 1.29 is 9.53 Å². The average molecular weight is 240 g/mol. The second-order valence-electron chi connectivity index (χ2n) is 5.11. The summed E-state index contributed by atoms with van der Waals surface area (Å²) in [5, 5.41) is 0. The fourth-order valence-electron chi connectivity index (χ4n) is 2.94. The molecule has 2 heterocycles. The summed E-state index contributed by atoms with van der Waals surface area (Å²) in [6.45, 7) is 8.85. The van der Waals surface area contributed by atoms with E-state index in [0.29, 0.717) is 12.6 Å². The maximum atomic E-state index is 11.7. The number of esters is 1. The van der Waals surface area contributed by atoms with Crippen LogP contribution in [0.3, 0.4) is 0 Å². The Morgan fingerprint density at radius 1 is 1.35 bits per heavy atom. The third kappa shape index (κ3) is 2.99. The van der Waals surface area contributed by atoms with Crippen molar-refractivity contribution in [2.75, 3.05) is 32.8 Å². The summed E-state index contributed by atoms with van der Waals surface area (Å²) in [7, 11) is 0. The zero-order valence-electron chi connectivity index (χ0n) is 11.0. The van der Waals surface area contributed by atoms with E-state index in [0.717, 1.165) is 13.1 Å². The van der Waals surface area contributed by atoms with Crippen molar-refractivity contribution >= 4 is 5.97 Å². The van der Waals surface area contributed by atoms with Crippen LogP contribution in [-0.4, -0.2) is 60.6 Å². The minimum atomic E-state index is -0.0810. The molecule has 0 radical (unpaired) electrons. The lowest BCUT2D eigenvalue weighted by molar-refractivity contribution is -0.148. The van der Waals surface area contributed by atoms with Crippen molar-refractivity contribution in [3.05, 3.63) is 0 Å². The van der Waals surface area contributed by atoms with E-state index in [1.807, 2.05) is 13.8 Å². The second-order valence-corrected chi connectivity index (χ2v) is 5.11. The molecule has 0 spiro atoms. The molecule has 2 fully saturated rings. The van der Waals surface area contributed by atoms with E-state index in [-0.39, 0.29) is 12.0 Å². The van der Waals surface area contributed by atoms with Crippen LogP contribution in [0.5, 0.6) is 0 Å². The summed E-state index contributed by atoms with van der Waals surface area (Å²) < 4.78 is 5.08. The van der Waals surface area contributed by atoms with Gasteiger partial charge in [-0.15, -0.1) is 0 Å². The molecular weight excluding hydrogens is 216 g/mol. The van der Waals surface area contributed by atoms with Gasteiger partial charge in [-0.05, 0) is 46.2 Å². The molecule has 4 heteroatoms. The van der Waals surface area contributed by atoms with E-state index in [1.54, 1.807) is 0 Å². The van der Waals surface area contributed by atoms with Crippen molar-refractivity contribution in [2.45, 2.75) is 45.2 Å². The van der Waals surface area contributed by atoms with E-state index in [1.165, 1.54) is 32.4 Å². The Morgan fingerprint density at radius 2 is 2.06 bits per heavy atom. The van der Waals surface area contributed by atoms with Crippen LogP contribution in [0.25, 0.3) is 0 Å². The molecule has 17 heavy (non-hydrogen) atoms. The average Bonchev–Trinajstić information content (AvgIpc) is 2.98. The Hall–Kier alpha value is -0.610. The van der Waals surface area contributed by atoms with E-state index in [9.17, 15) is 4.79 Å². The van der Waals surface area contributed by atoms with Crippen molar-refractivity contribution in [3.63, 3.8) is 0 Å². The second kappa shape index (κ2) is 5.83. The van der Waals surface area contributed by atoms with Gasteiger partial charge in [-0.3, -0.25) is 14.6 Å². The molecule has 0 N–H and O–H groups in total. The topological polar surface area (TPSA) is 32.8 Å². The standard InChI is InChI=1S/C13H24N2O2/c1-3-17-13(16)11(2)15-9-6-12(10-15)14-7-4-5-8-14/h11-12H,3-10H2,1-2H3. The van der Waals surface area contributed by atoms with Crippen LogP contribution in [0, 0.1) is 0 Å². The maximum absolute atomic E-state index is 11.7. The number of rotatable bonds is 4. The molecule has 0 aliphatic carbocycles. The Balaban J connectivity index is 1.82. The molecule has 0 aromatic heterocycles. The molecule has 0 aromatic rings. The first kappa shape index (κ1) is 12.8. The van der Waals surface area contributed by atoms with Gasteiger partial charge >= 0.3 is 5.97 Å². The monoisotopic (exact) mass is 240 g/mol. The van der Waals surface area contributed by atoms with Gasteiger partial charge in [0.1, 0.15) is 6.04 Å². The van der Waals surface area contributed by atoms with Gasteiger partial charge in [-0.1, -0.05) is 0 Å². The fraction of sp³-hybridized carbons (Fsp3) is 0.923. The molecule has 2 aliphatic heterocycles. The largest absolute Gasteiger partial charge is 0.465 e. The maximum Gasteiger partial charge on any atom is 0.323 e. The van der Waals surface area contributed by atoms with Gasteiger partial charge in [0, 0.05) is 19.1 Å². The first-order chi connectivity index (χ1) is 8.22. The van der Waals surface area contributed by atoms with Crippen LogP contribution in [0.2, 0.25) is 0 Å². The van der Waals surface area contributed by atoms with Crippen molar-refractivity contribution in [1.82, 2.24) is 9.80 Å². The van der Waals surface area contributed by atoms with Crippen molar-refractivity contribution in [2.24, 2.45) is 0 Å². The summed E-state index contributed by atoms with van der Waals surface area (Å²) in [5.41, 5.74) is 0. The van der Waals surface area contributed by atoms with E-state index >= 15 is 0 Å². The summed E-state index contributed by atoms with van der Waals surface area (Å²) in [6, 6.07) is 0.580. The molecule has 2 aliphatic rings. The van der Waals surface area contributed by atoms with Crippen LogP contribution in [0.15, 0.2) is 0 Å². The van der Waals surface area contributed by atoms with Crippen LogP contribution in [0.1, 0.15) is 33.1 Å². The molecular formula is C13H24N2O2. The number of nitrogens with zero attached hydrogens (tertiary/aromatic N) is 2. The normalized spacial score (nSPS) is 28.5. The molecule has 2 atom stereocenters. The number of carbonyl (C=O) groups excluding carboxylic acids is 1. The number of hydrogen-bond donors (Lipinski definition) is 0. The molecule has 0 bridgehead atoms. The van der Waals surface area contributed by atoms with Gasteiger partial charge in [0.25, 0.3) is 0 Å². The molecule has 2 saturated heterocycles. The van der Waals surface area contributed by atoms with Crippen LogP contribution >= 0.6 is 0 Å². The van der Waals surface area contributed by atoms with E-state index in [2.05, 4.69) is 9.80 Å². The quantitative estimate of drug-likeness (QED) is 0.689. The van der Waals surface area contributed by atoms with Crippen LogP contribution in [0.4, 0.5) is 0 Å². The zero-order chi connectivity index (χ0) is 12.3. The highest BCUT2D eigenvalue weighted by molar-refractivity contribution is 5.75. The lowest BCUT2D eigenvalue weighted by atomic mass is 10.2. The molecule has 2 unspecified atom stereocenters. The van der Waals surface area contributed by atoms with Gasteiger partial charge in [0.2, 0.25) is 0 Å². The minimum absolute atomic E-state index is 0.0745. The Kier molecular flexibility index (Phi) is 4.40.